The van der Waals surface area contributed by atoms with Crippen LogP contribution in [0, 0.1) is 11.3 Å². The summed E-state index contributed by atoms with van der Waals surface area (Å²) in [5.41, 5.74) is 4.73. The second-order valence-electron chi connectivity index (χ2n) is 7.78. The number of anilines is 1. The predicted octanol–water partition coefficient (Wildman–Crippen LogP) is 2.56. The van der Waals surface area contributed by atoms with E-state index in [0.717, 1.165) is 44.7 Å². The first-order chi connectivity index (χ1) is 14.7. The van der Waals surface area contributed by atoms with Crippen molar-refractivity contribution in [2.75, 3.05) is 31.1 Å². The van der Waals surface area contributed by atoms with Gasteiger partial charge in [0.1, 0.15) is 0 Å². The van der Waals surface area contributed by atoms with E-state index in [-0.39, 0.29) is 5.56 Å². The van der Waals surface area contributed by atoms with Crippen molar-refractivity contribution in [1.29, 1.82) is 5.26 Å². The number of nitriles is 1. The van der Waals surface area contributed by atoms with Crippen LogP contribution in [0.4, 0.5) is 5.69 Å². The number of hydrogen-bond donors (Lipinski definition) is 1. The zero-order valence-electron chi connectivity index (χ0n) is 16.6. The molecule has 0 unspecified atom stereocenters. The summed E-state index contributed by atoms with van der Waals surface area (Å²) in [4.78, 5) is 28.6. The second kappa shape index (κ2) is 7.73. The van der Waals surface area contributed by atoms with Crippen molar-refractivity contribution in [3.63, 3.8) is 0 Å². The molecule has 2 aromatic heterocycles. The van der Waals surface area contributed by atoms with Gasteiger partial charge in [-0.2, -0.15) is 5.26 Å². The first-order valence-electron chi connectivity index (χ1n) is 10.3. The maximum absolute atomic E-state index is 12.3. The second-order valence-corrected chi connectivity index (χ2v) is 7.78. The first-order valence-corrected chi connectivity index (χ1v) is 10.3. The molecule has 1 atom stereocenters. The fraction of sp³-hybridized carbons (Fsp3) is 0.304. The molecule has 1 N–H and O–H groups in total. The number of hydrogen-bond acceptors (Lipinski definition) is 6. The van der Waals surface area contributed by atoms with Crippen LogP contribution in [0.2, 0.25) is 0 Å². The molecule has 1 aliphatic carbocycles. The van der Waals surface area contributed by atoms with Crippen molar-refractivity contribution < 1.29 is 0 Å². The molecule has 0 spiro atoms. The van der Waals surface area contributed by atoms with Crippen LogP contribution in [0.1, 0.15) is 24.1 Å². The summed E-state index contributed by atoms with van der Waals surface area (Å²) in [6, 6.07) is 12.3. The van der Waals surface area contributed by atoms with Crippen LogP contribution in [0.15, 0.2) is 53.6 Å². The molecule has 150 valence electrons. The summed E-state index contributed by atoms with van der Waals surface area (Å²) in [7, 11) is 0. The number of allylic oxidation sites excluding steroid dienone is 1. The Kier molecular flexibility index (Phi) is 4.77. The van der Waals surface area contributed by atoms with E-state index in [0.29, 0.717) is 22.6 Å². The van der Waals surface area contributed by atoms with Crippen LogP contribution in [-0.4, -0.2) is 52.1 Å². The van der Waals surface area contributed by atoms with E-state index in [1.165, 1.54) is 11.3 Å². The van der Waals surface area contributed by atoms with Gasteiger partial charge in [0.05, 0.1) is 17.1 Å². The quantitative estimate of drug-likeness (QED) is 0.729. The number of benzene rings is 1. The Morgan fingerprint density at radius 1 is 1.07 bits per heavy atom. The molecule has 1 fully saturated rings. The molecular formula is C23H22N6O. The van der Waals surface area contributed by atoms with Crippen LogP contribution in [0.3, 0.4) is 0 Å². The van der Waals surface area contributed by atoms with Crippen molar-refractivity contribution in [2.24, 2.45) is 0 Å². The average molecular weight is 398 g/mol. The Bertz CT molecular complexity index is 1200. The zero-order valence-corrected chi connectivity index (χ0v) is 16.6. The van der Waals surface area contributed by atoms with Gasteiger partial charge in [0.25, 0.3) is 5.56 Å². The molecule has 2 aliphatic rings. The lowest BCUT2D eigenvalue weighted by Crippen LogP contribution is -2.49. The van der Waals surface area contributed by atoms with Crippen molar-refractivity contribution in [3.8, 4) is 6.07 Å². The minimum atomic E-state index is -0.184. The van der Waals surface area contributed by atoms with Gasteiger partial charge in [0, 0.05) is 56.0 Å². The molecule has 0 amide bonds. The maximum Gasteiger partial charge on any atom is 0.276 e. The number of nitrogens with zero attached hydrogens (tertiary/aromatic N) is 5. The van der Waals surface area contributed by atoms with Gasteiger partial charge in [-0.05, 0) is 48.7 Å². The van der Waals surface area contributed by atoms with Crippen molar-refractivity contribution in [1.82, 2.24) is 19.9 Å². The Balaban J connectivity index is 1.28. The minimum Gasteiger partial charge on any atom is -0.369 e. The third-order valence-corrected chi connectivity index (χ3v) is 6.06. The molecule has 3 heterocycles. The molecule has 1 aromatic carbocycles. The number of nitrogens with one attached hydrogen (secondary N) is 1. The van der Waals surface area contributed by atoms with Gasteiger partial charge in [-0.25, -0.2) is 4.98 Å². The summed E-state index contributed by atoms with van der Waals surface area (Å²) < 4.78 is 0. The fourth-order valence-corrected chi connectivity index (χ4v) is 4.43. The molecule has 30 heavy (non-hydrogen) atoms. The van der Waals surface area contributed by atoms with Gasteiger partial charge in [-0.3, -0.25) is 14.7 Å². The van der Waals surface area contributed by atoms with Gasteiger partial charge >= 0.3 is 0 Å². The number of aromatic nitrogens is 3. The lowest BCUT2D eigenvalue weighted by molar-refractivity contribution is 0.214. The largest absolute Gasteiger partial charge is 0.369 e. The molecule has 0 radical (unpaired) electrons. The van der Waals surface area contributed by atoms with E-state index in [2.05, 4.69) is 36.9 Å². The monoisotopic (exact) mass is 398 g/mol. The molecule has 0 saturated carbocycles. The van der Waals surface area contributed by atoms with Gasteiger partial charge in [-0.1, -0.05) is 6.08 Å². The SMILES string of the molecule is N#Cc1ccc(N2CCN([C@H]3C=C(c4cc5nccnc5c(=O)[nH]4)CC3)CC2)cc1. The smallest absolute Gasteiger partial charge is 0.276 e. The highest BCUT2D eigenvalue weighted by atomic mass is 16.1. The molecule has 3 aromatic rings. The Hall–Kier alpha value is -3.50. The highest BCUT2D eigenvalue weighted by Crippen LogP contribution is 2.30. The molecule has 1 saturated heterocycles. The Morgan fingerprint density at radius 2 is 1.83 bits per heavy atom. The summed E-state index contributed by atoms with van der Waals surface area (Å²) in [6.45, 7) is 3.92. The maximum atomic E-state index is 12.3. The van der Waals surface area contributed by atoms with E-state index in [4.69, 9.17) is 5.26 Å². The predicted molar refractivity (Wildman–Crippen MR) is 116 cm³/mol. The van der Waals surface area contributed by atoms with Crippen molar-refractivity contribution >= 4 is 22.3 Å². The van der Waals surface area contributed by atoms with Crippen LogP contribution in [0.25, 0.3) is 16.6 Å². The number of pyridine rings is 1. The van der Waals surface area contributed by atoms with Crippen molar-refractivity contribution in [3.05, 3.63) is 70.4 Å². The normalized spacial score (nSPS) is 19.6. The van der Waals surface area contributed by atoms with E-state index in [1.54, 1.807) is 12.4 Å². The lowest BCUT2D eigenvalue weighted by Gasteiger charge is -2.38. The van der Waals surface area contributed by atoms with E-state index >= 15 is 0 Å². The highest BCUT2D eigenvalue weighted by molar-refractivity contribution is 5.78. The number of H-pyrrole nitrogens is 1. The summed E-state index contributed by atoms with van der Waals surface area (Å²) in [6.07, 6.45) is 7.46. The van der Waals surface area contributed by atoms with Gasteiger partial charge < -0.3 is 9.88 Å². The van der Waals surface area contributed by atoms with E-state index in [1.807, 2.05) is 30.3 Å². The molecular weight excluding hydrogens is 376 g/mol. The number of aromatic amines is 1. The van der Waals surface area contributed by atoms with Crippen LogP contribution < -0.4 is 10.5 Å². The van der Waals surface area contributed by atoms with E-state index < -0.39 is 0 Å². The standard InChI is InChI=1S/C23H22N6O/c24-15-16-1-4-18(5-2-16)28-9-11-29(12-10-28)19-6-3-17(13-19)20-14-21-22(23(30)27-20)26-8-7-25-21/h1-2,4-5,7-8,13-14,19H,3,6,9-12H2,(H,27,30)/t19-/m1/s1. The first kappa shape index (κ1) is 18.5. The number of rotatable bonds is 3. The number of piperazine rings is 1. The molecule has 7 nitrogen and oxygen atoms in total. The third-order valence-electron chi connectivity index (χ3n) is 6.06. The van der Waals surface area contributed by atoms with E-state index in [9.17, 15) is 4.79 Å². The molecule has 7 heteroatoms. The molecule has 0 bridgehead atoms. The average Bonchev–Trinajstić information content (AvgIpc) is 3.30. The van der Waals surface area contributed by atoms with Crippen molar-refractivity contribution in [2.45, 2.75) is 18.9 Å². The van der Waals surface area contributed by atoms with Crippen LogP contribution >= 0.6 is 0 Å². The lowest BCUT2D eigenvalue weighted by atomic mass is 10.1. The third kappa shape index (κ3) is 3.46. The van der Waals surface area contributed by atoms with Gasteiger partial charge in [0.15, 0.2) is 5.52 Å². The van der Waals surface area contributed by atoms with Crippen LogP contribution in [-0.2, 0) is 0 Å². The minimum absolute atomic E-state index is 0.184. The summed E-state index contributed by atoms with van der Waals surface area (Å²) >= 11 is 0. The molecule has 5 rings (SSSR count). The highest BCUT2D eigenvalue weighted by Gasteiger charge is 2.27. The summed E-state index contributed by atoms with van der Waals surface area (Å²) in [5, 5.41) is 8.96. The zero-order chi connectivity index (χ0) is 20.5. The molecule has 1 aliphatic heterocycles. The van der Waals surface area contributed by atoms with Gasteiger partial charge in [-0.15, -0.1) is 0 Å². The topological polar surface area (TPSA) is 88.9 Å². The Morgan fingerprint density at radius 3 is 2.60 bits per heavy atom. The Labute approximate surface area is 174 Å². The fourth-order valence-electron chi connectivity index (χ4n) is 4.43. The van der Waals surface area contributed by atoms with Crippen LogP contribution in [0.5, 0.6) is 0 Å². The number of fused-ring (bicyclic) bond motifs is 1. The summed E-state index contributed by atoms with van der Waals surface area (Å²) in [5.74, 6) is 0. The van der Waals surface area contributed by atoms with Gasteiger partial charge in [0.2, 0.25) is 0 Å².